The van der Waals surface area contributed by atoms with Gasteiger partial charge in [-0.3, -0.25) is 9.88 Å². The van der Waals surface area contributed by atoms with E-state index < -0.39 is 0 Å². The molecule has 1 atom stereocenters. The molecule has 2 heterocycles. The third kappa shape index (κ3) is 3.14. The first-order chi connectivity index (χ1) is 12.1. The van der Waals surface area contributed by atoms with E-state index in [0.29, 0.717) is 10.5 Å². The van der Waals surface area contributed by atoms with Gasteiger partial charge in [-0.25, -0.2) is 0 Å². The summed E-state index contributed by atoms with van der Waals surface area (Å²) in [6.45, 7) is 2.02. The summed E-state index contributed by atoms with van der Waals surface area (Å²) in [5.41, 5.74) is 2.53. The van der Waals surface area contributed by atoms with Gasteiger partial charge >= 0.3 is 0 Å². The van der Waals surface area contributed by atoms with Crippen molar-refractivity contribution >= 4 is 38.4 Å². The Morgan fingerprint density at radius 3 is 2.56 bits per heavy atom. The summed E-state index contributed by atoms with van der Waals surface area (Å²) in [6.07, 6.45) is 4.04. The molecule has 1 N–H and O–H groups in total. The van der Waals surface area contributed by atoms with E-state index in [4.69, 9.17) is 11.6 Å². The van der Waals surface area contributed by atoms with Crippen LogP contribution in [0.4, 0.5) is 0 Å². The predicted octanol–water partition coefficient (Wildman–Crippen LogP) is 5.54. The third-order valence-corrected chi connectivity index (χ3v) is 5.67. The fourth-order valence-electron chi connectivity index (χ4n) is 3.65. The molecule has 3 nitrogen and oxygen atoms in total. The van der Waals surface area contributed by atoms with E-state index in [1.54, 1.807) is 6.20 Å². The van der Waals surface area contributed by atoms with Crippen LogP contribution in [0.1, 0.15) is 30.0 Å². The van der Waals surface area contributed by atoms with Crippen LogP contribution in [0.3, 0.4) is 0 Å². The molecule has 3 aromatic rings. The molecule has 0 saturated carbocycles. The maximum absolute atomic E-state index is 11.0. The molecule has 0 bridgehead atoms. The number of fused-ring (bicyclic) bond motifs is 1. The highest BCUT2D eigenvalue weighted by atomic mass is 79.9. The minimum atomic E-state index is -0.0282. The molecule has 0 radical (unpaired) electrons. The second-order valence-electron chi connectivity index (χ2n) is 6.39. The minimum absolute atomic E-state index is 0.0282. The molecule has 1 aliphatic rings. The van der Waals surface area contributed by atoms with Crippen LogP contribution in [0.2, 0.25) is 5.02 Å². The largest absolute Gasteiger partial charge is 0.505 e. The van der Waals surface area contributed by atoms with E-state index in [1.165, 1.54) is 12.8 Å². The Balaban J connectivity index is 1.91. The lowest BCUT2D eigenvalue weighted by atomic mass is 9.95. The van der Waals surface area contributed by atoms with Crippen molar-refractivity contribution in [1.29, 1.82) is 0 Å². The molecular weight excluding hydrogens is 400 g/mol. The lowest BCUT2D eigenvalue weighted by molar-refractivity contribution is 0.275. The maximum atomic E-state index is 11.0. The monoisotopic (exact) mass is 416 g/mol. The van der Waals surface area contributed by atoms with E-state index in [9.17, 15) is 5.11 Å². The maximum Gasteiger partial charge on any atom is 0.147 e. The summed E-state index contributed by atoms with van der Waals surface area (Å²) in [4.78, 5) is 6.76. The Hall–Kier alpha value is -1.62. The number of phenols is 1. The van der Waals surface area contributed by atoms with Gasteiger partial charge in [0.2, 0.25) is 0 Å². The summed E-state index contributed by atoms with van der Waals surface area (Å²) in [7, 11) is 0. The number of hydrogen-bond donors (Lipinski definition) is 1. The number of aromatic nitrogens is 1. The molecule has 5 heteroatoms. The average Bonchev–Trinajstić information content (AvgIpc) is 3.15. The van der Waals surface area contributed by atoms with Crippen molar-refractivity contribution in [1.82, 2.24) is 9.88 Å². The summed E-state index contributed by atoms with van der Waals surface area (Å²) < 4.78 is 1.04. The highest BCUT2D eigenvalue weighted by molar-refractivity contribution is 9.10. The molecule has 0 amide bonds. The molecule has 1 aliphatic heterocycles. The van der Waals surface area contributed by atoms with Gasteiger partial charge in [-0.05, 0) is 61.8 Å². The van der Waals surface area contributed by atoms with Crippen molar-refractivity contribution in [3.05, 3.63) is 69.3 Å². The van der Waals surface area contributed by atoms with Crippen LogP contribution < -0.4 is 0 Å². The number of hydrogen-bond acceptors (Lipinski definition) is 3. The summed E-state index contributed by atoms with van der Waals surface area (Å²) >= 11 is 10.0. The van der Waals surface area contributed by atoms with Crippen molar-refractivity contribution in [2.45, 2.75) is 18.9 Å². The molecule has 0 unspecified atom stereocenters. The second-order valence-corrected chi connectivity index (χ2v) is 7.72. The third-order valence-electron chi connectivity index (χ3n) is 4.83. The van der Waals surface area contributed by atoms with Crippen LogP contribution in [0.5, 0.6) is 5.75 Å². The van der Waals surface area contributed by atoms with Gasteiger partial charge in [0.15, 0.2) is 0 Å². The number of aromatic hydroxyl groups is 1. The molecule has 1 aromatic heterocycles. The van der Waals surface area contributed by atoms with Gasteiger partial charge in [0.25, 0.3) is 0 Å². The molecule has 128 valence electrons. The molecule has 1 fully saturated rings. The van der Waals surface area contributed by atoms with Crippen LogP contribution in [0.15, 0.2) is 53.1 Å². The summed E-state index contributed by atoms with van der Waals surface area (Å²) in [5, 5.41) is 12.4. The standard InChI is InChI=1S/C20H18BrClN2O/c21-14-7-5-13(6-8-14)19(24-10-1-2-11-24)16-12-17(22)15-4-3-9-23-18(15)20(16)25/h3-9,12,19,25H,1-2,10-11H2/t19-/m1/s1. The number of nitrogens with zero attached hydrogens (tertiary/aromatic N) is 2. The van der Waals surface area contributed by atoms with Gasteiger partial charge in [0.05, 0.1) is 11.1 Å². The van der Waals surface area contributed by atoms with Gasteiger partial charge in [-0.1, -0.05) is 39.7 Å². The zero-order valence-electron chi connectivity index (χ0n) is 13.6. The quantitative estimate of drug-likeness (QED) is 0.607. The van der Waals surface area contributed by atoms with Gasteiger partial charge in [-0.15, -0.1) is 0 Å². The molecule has 25 heavy (non-hydrogen) atoms. The van der Waals surface area contributed by atoms with Crippen molar-refractivity contribution in [2.24, 2.45) is 0 Å². The van der Waals surface area contributed by atoms with E-state index in [-0.39, 0.29) is 11.8 Å². The van der Waals surface area contributed by atoms with E-state index in [2.05, 4.69) is 37.9 Å². The van der Waals surface area contributed by atoms with Crippen molar-refractivity contribution in [3.63, 3.8) is 0 Å². The Labute approximate surface area is 160 Å². The van der Waals surface area contributed by atoms with Crippen molar-refractivity contribution in [2.75, 3.05) is 13.1 Å². The number of rotatable bonds is 3. The minimum Gasteiger partial charge on any atom is -0.505 e. The van der Waals surface area contributed by atoms with E-state index in [1.807, 2.05) is 30.3 Å². The molecule has 2 aromatic carbocycles. The van der Waals surface area contributed by atoms with Gasteiger partial charge < -0.3 is 5.11 Å². The normalized spacial score (nSPS) is 16.4. The lowest BCUT2D eigenvalue weighted by Crippen LogP contribution is -2.26. The fraction of sp³-hybridized carbons (Fsp3) is 0.250. The molecule has 0 aliphatic carbocycles. The Bertz CT molecular complexity index is 907. The van der Waals surface area contributed by atoms with Gasteiger partial charge in [0, 0.05) is 21.6 Å². The Morgan fingerprint density at radius 2 is 1.84 bits per heavy atom. The number of benzene rings is 2. The summed E-state index contributed by atoms with van der Waals surface area (Å²) in [5.74, 6) is 0.222. The van der Waals surface area contributed by atoms with Crippen molar-refractivity contribution in [3.8, 4) is 5.75 Å². The molecular formula is C20H18BrClN2O. The highest BCUT2D eigenvalue weighted by Crippen LogP contribution is 2.41. The first kappa shape index (κ1) is 16.8. The predicted molar refractivity (Wildman–Crippen MR) is 105 cm³/mol. The zero-order valence-corrected chi connectivity index (χ0v) is 16.0. The van der Waals surface area contributed by atoms with Crippen molar-refractivity contribution < 1.29 is 5.11 Å². The number of phenolic OH excluding ortho intramolecular Hbond substituents is 1. The Morgan fingerprint density at radius 1 is 1.12 bits per heavy atom. The van der Waals surface area contributed by atoms with E-state index >= 15 is 0 Å². The lowest BCUT2D eigenvalue weighted by Gasteiger charge is -2.29. The number of halogens is 2. The zero-order chi connectivity index (χ0) is 17.4. The van der Waals surface area contributed by atoms with Gasteiger partial charge in [0.1, 0.15) is 11.3 Å². The van der Waals surface area contributed by atoms with Crippen LogP contribution in [-0.4, -0.2) is 28.1 Å². The number of likely N-dealkylation sites (tertiary alicyclic amines) is 1. The second kappa shape index (κ2) is 6.94. The fourth-order valence-corrected chi connectivity index (χ4v) is 4.18. The van der Waals surface area contributed by atoms with Gasteiger partial charge in [-0.2, -0.15) is 0 Å². The first-order valence-corrected chi connectivity index (χ1v) is 9.58. The van der Waals surface area contributed by atoms with Crippen LogP contribution in [-0.2, 0) is 0 Å². The average molecular weight is 418 g/mol. The topological polar surface area (TPSA) is 36.4 Å². The van der Waals surface area contributed by atoms with Crippen LogP contribution >= 0.6 is 27.5 Å². The Kier molecular flexibility index (Phi) is 4.67. The molecule has 1 saturated heterocycles. The highest BCUT2D eigenvalue weighted by Gasteiger charge is 2.28. The number of pyridine rings is 1. The van der Waals surface area contributed by atoms with E-state index in [0.717, 1.165) is 34.1 Å². The first-order valence-electron chi connectivity index (χ1n) is 8.41. The van der Waals surface area contributed by atoms with Crippen LogP contribution in [0.25, 0.3) is 10.9 Å². The van der Waals surface area contributed by atoms with Crippen LogP contribution in [0, 0.1) is 0 Å². The smallest absolute Gasteiger partial charge is 0.147 e. The summed E-state index contributed by atoms with van der Waals surface area (Å²) in [6, 6.07) is 13.9. The SMILES string of the molecule is Oc1c([C@@H](c2ccc(Br)cc2)N2CCCC2)cc(Cl)c2cccnc12. The molecule has 0 spiro atoms. The molecule has 4 rings (SSSR count).